The average molecular weight is 371 g/mol. The Morgan fingerprint density at radius 3 is 2.50 bits per heavy atom. The number of hydrogen-bond donors (Lipinski definition) is 2. The largest absolute Gasteiger partial charge is 0.444 e. The molecule has 0 aliphatic carbocycles. The summed E-state index contributed by atoms with van der Waals surface area (Å²) in [6, 6.07) is 7.63. The number of amides is 2. The van der Waals surface area contributed by atoms with Crippen LogP contribution in [0.4, 0.5) is 4.79 Å². The van der Waals surface area contributed by atoms with Gasteiger partial charge in [0.05, 0.1) is 6.04 Å². The first-order valence-electron chi connectivity index (χ1n) is 7.19. The summed E-state index contributed by atoms with van der Waals surface area (Å²) in [5, 5.41) is 5.46. The third-order valence-corrected chi connectivity index (χ3v) is 3.49. The number of carbonyl (C=O) groups excluding carboxylic acids is 2. The maximum atomic E-state index is 11.9. The van der Waals surface area contributed by atoms with Crippen LogP contribution in [-0.4, -0.2) is 24.1 Å². The van der Waals surface area contributed by atoms with Crippen molar-refractivity contribution in [1.82, 2.24) is 10.6 Å². The molecule has 5 nitrogen and oxygen atoms in total. The number of carbonyl (C=O) groups is 2. The van der Waals surface area contributed by atoms with Gasteiger partial charge in [-0.15, -0.1) is 0 Å². The lowest BCUT2D eigenvalue weighted by Crippen LogP contribution is -2.35. The van der Waals surface area contributed by atoms with Crippen LogP contribution < -0.4 is 10.6 Å². The quantitative estimate of drug-likeness (QED) is 0.832. The number of rotatable bonds is 5. The zero-order valence-electron chi connectivity index (χ0n) is 13.4. The fourth-order valence-electron chi connectivity index (χ4n) is 1.81. The number of hydrogen-bond acceptors (Lipinski definition) is 3. The van der Waals surface area contributed by atoms with Gasteiger partial charge in [0.1, 0.15) is 5.60 Å². The van der Waals surface area contributed by atoms with E-state index in [-0.39, 0.29) is 24.9 Å². The maximum absolute atomic E-state index is 11.9. The topological polar surface area (TPSA) is 67.4 Å². The third kappa shape index (κ3) is 6.93. The zero-order valence-corrected chi connectivity index (χ0v) is 15.0. The molecule has 22 heavy (non-hydrogen) atoms. The molecule has 0 aromatic heterocycles. The second-order valence-corrected chi connectivity index (χ2v) is 6.84. The SMILES string of the molecule is C[C@H](NC(=O)CCNC(=O)OC(C)(C)C)c1ccccc1Br. The van der Waals surface area contributed by atoms with Gasteiger partial charge in [0.25, 0.3) is 0 Å². The highest BCUT2D eigenvalue weighted by molar-refractivity contribution is 9.10. The molecule has 0 radical (unpaired) electrons. The molecule has 1 atom stereocenters. The fourth-order valence-corrected chi connectivity index (χ4v) is 2.44. The molecular formula is C16H23BrN2O3. The lowest BCUT2D eigenvalue weighted by Gasteiger charge is -2.20. The minimum atomic E-state index is -0.541. The van der Waals surface area contributed by atoms with Gasteiger partial charge in [-0.3, -0.25) is 4.79 Å². The van der Waals surface area contributed by atoms with E-state index in [0.717, 1.165) is 10.0 Å². The fraction of sp³-hybridized carbons (Fsp3) is 0.500. The number of nitrogens with one attached hydrogen (secondary N) is 2. The highest BCUT2D eigenvalue weighted by Crippen LogP contribution is 2.22. The summed E-state index contributed by atoms with van der Waals surface area (Å²) >= 11 is 3.46. The second-order valence-electron chi connectivity index (χ2n) is 5.99. The van der Waals surface area contributed by atoms with E-state index in [2.05, 4.69) is 26.6 Å². The smallest absolute Gasteiger partial charge is 0.407 e. The van der Waals surface area contributed by atoms with E-state index in [1.165, 1.54) is 0 Å². The molecule has 2 amide bonds. The summed E-state index contributed by atoms with van der Waals surface area (Å²) in [5.41, 5.74) is 0.469. The van der Waals surface area contributed by atoms with Gasteiger partial charge in [0.2, 0.25) is 5.91 Å². The van der Waals surface area contributed by atoms with E-state index in [0.29, 0.717) is 0 Å². The van der Waals surface area contributed by atoms with Crippen LogP contribution in [-0.2, 0) is 9.53 Å². The van der Waals surface area contributed by atoms with Crippen molar-refractivity contribution in [3.63, 3.8) is 0 Å². The van der Waals surface area contributed by atoms with Crippen molar-refractivity contribution >= 4 is 27.9 Å². The van der Waals surface area contributed by atoms with Crippen molar-refractivity contribution in [3.8, 4) is 0 Å². The molecule has 0 saturated heterocycles. The van der Waals surface area contributed by atoms with Gasteiger partial charge in [-0.25, -0.2) is 4.79 Å². The zero-order chi connectivity index (χ0) is 16.8. The van der Waals surface area contributed by atoms with E-state index < -0.39 is 11.7 Å². The summed E-state index contributed by atoms with van der Waals surface area (Å²) in [7, 11) is 0. The van der Waals surface area contributed by atoms with Crippen LogP contribution in [0, 0.1) is 0 Å². The average Bonchev–Trinajstić information content (AvgIpc) is 2.36. The first-order chi connectivity index (χ1) is 10.2. The van der Waals surface area contributed by atoms with Gasteiger partial charge in [0.15, 0.2) is 0 Å². The number of halogens is 1. The van der Waals surface area contributed by atoms with Crippen molar-refractivity contribution in [2.24, 2.45) is 0 Å². The van der Waals surface area contributed by atoms with Gasteiger partial charge in [0, 0.05) is 17.4 Å². The molecule has 1 aromatic carbocycles. The van der Waals surface area contributed by atoms with Crippen molar-refractivity contribution in [2.75, 3.05) is 6.54 Å². The number of ether oxygens (including phenoxy) is 1. The minimum Gasteiger partial charge on any atom is -0.444 e. The van der Waals surface area contributed by atoms with Gasteiger partial charge in [-0.1, -0.05) is 34.1 Å². The van der Waals surface area contributed by atoms with Crippen LogP contribution in [0.5, 0.6) is 0 Å². The third-order valence-electron chi connectivity index (χ3n) is 2.77. The Hall–Kier alpha value is -1.56. The van der Waals surface area contributed by atoms with Gasteiger partial charge >= 0.3 is 6.09 Å². The van der Waals surface area contributed by atoms with Crippen LogP contribution in [0.2, 0.25) is 0 Å². The van der Waals surface area contributed by atoms with Crippen molar-refractivity contribution in [2.45, 2.75) is 45.8 Å². The van der Waals surface area contributed by atoms with Crippen molar-refractivity contribution in [1.29, 1.82) is 0 Å². The Morgan fingerprint density at radius 1 is 1.27 bits per heavy atom. The van der Waals surface area contributed by atoms with E-state index in [1.54, 1.807) is 20.8 Å². The molecule has 1 rings (SSSR count). The molecule has 6 heteroatoms. The lowest BCUT2D eigenvalue weighted by atomic mass is 10.1. The summed E-state index contributed by atoms with van der Waals surface area (Å²) in [6.45, 7) is 7.53. The van der Waals surface area contributed by atoms with Gasteiger partial charge < -0.3 is 15.4 Å². The minimum absolute atomic E-state index is 0.107. The van der Waals surface area contributed by atoms with Crippen LogP contribution in [0.25, 0.3) is 0 Å². The molecule has 0 heterocycles. The first-order valence-corrected chi connectivity index (χ1v) is 7.99. The van der Waals surface area contributed by atoms with Crippen LogP contribution in [0.15, 0.2) is 28.7 Å². The molecule has 0 aliphatic rings. The Labute approximate surface area is 139 Å². The molecule has 0 aliphatic heterocycles. The van der Waals surface area contributed by atoms with Crippen LogP contribution in [0.1, 0.15) is 45.7 Å². The molecule has 2 N–H and O–H groups in total. The molecule has 0 spiro atoms. The summed E-state index contributed by atoms with van der Waals surface area (Å²) < 4.78 is 6.05. The Kier molecular flexibility index (Phi) is 6.87. The van der Waals surface area contributed by atoms with Crippen LogP contribution >= 0.6 is 15.9 Å². The number of alkyl carbamates (subject to hydrolysis) is 1. The van der Waals surface area contributed by atoms with Crippen molar-refractivity contribution in [3.05, 3.63) is 34.3 Å². The molecular weight excluding hydrogens is 348 g/mol. The molecule has 0 bridgehead atoms. The second kappa shape index (κ2) is 8.17. The molecule has 0 unspecified atom stereocenters. The molecule has 122 valence electrons. The van der Waals surface area contributed by atoms with E-state index in [9.17, 15) is 9.59 Å². The van der Waals surface area contributed by atoms with E-state index >= 15 is 0 Å². The van der Waals surface area contributed by atoms with Crippen molar-refractivity contribution < 1.29 is 14.3 Å². The predicted octanol–water partition coefficient (Wildman–Crippen LogP) is 3.54. The number of benzene rings is 1. The lowest BCUT2D eigenvalue weighted by molar-refractivity contribution is -0.121. The first kappa shape index (κ1) is 18.5. The van der Waals surface area contributed by atoms with E-state index in [1.807, 2.05) is 31.2 Å². The Balaban J connectivity index is 2.35. The standard InChI is InChI=1S/C16H23BrN2O3/c1-11(12-7-5-6-8-13(12)17)19-14(20)9-10-18-15(21)22-16(2,3)4/h5-8,11H,9-10H2,1-4H3,(H,18,21)(H,19,20)/t11-/m0/s1. The monoisotopic (exact) mass is 370 g/mol. The highest BCUT2D eigenvalue weighted by atomic mass is 79.9. The molecule has 0 fully saturated rings. The summed E-state index contributed by atoms with van der Waals surface area (Å²) in [4.78, 5) is 23.3. The Bertz CT molecular complexity index is 526. The summed E-state index contributed by atoms with van der Waals surface area (Å²) in [6.07, 6.45) is -0.312. The van der Waals surface area contributed by atoms with Gasteiger partial charge in [-0.2, -0.15) is 0 Å². The van der Waals surface area contributed by atoms with Crippen LogP contribution in [0.3, 0.4) is 0 Å². The predicted molar refractivity (Wildman–Crippen MR) is 89.6 cm³/mol. The maximum Gasteiger partial charge on any atom is 0.407 e. The Morgan fingerprint density at radius 2 is 1.91 bits per heavy atom. The normalized spacial score (nSPS) is 12.4. The van der Waals surface area contributed by atoms with E-state index in [4.69, 9.17) is 4.74 Å². The molecule has 1 aromatic rings. The molecule has 0 saturated carbocycles. The van der Waals surface area contributed by atoms with Gasteiger partial charge in [-0.05, 0) is 39.3 Å². The summed E-state index contributed by atoms with van der Waals surface area (Å²) in [5.74, 6) is -0.126. The highest BCUT2D eigenvalue weighted by Gasteiger charge is 2.16.